The molecule has 206 valence electrons. The SMILES string of the molecule is CC(=O)CC(C(=O)Cc1cc(-c2ccccc2OC(F)F)c(Cl)cc1N)c1ccc(S(=O)(=O)CC2CC2)cc1. The van der Waals surface area contributed by atoms with Crippen LogP contribution in [0, 0.1) is 5.92 Å². The highest BCUT2D eigenvalue weighted by atomic mass is 35.5. The number of benzene rings is 3. The van der Waals surface area contributed by atoms with Gasteiger partial charge in [0, 0.05) is 35.6 Å². The van der Waals surface area contributed by atoms with Crippen molar-refractivity contribution < 1.29 is 31.5 Å². The molecule has 4 rings (SSSR count). The Labute approximate surface area is 231 Å². The second-order valence-corrected chi connectivity index (χ2v) is 12.2. The first kappa shape index (κ1) is 28.7. The van der Waals surface area contributed by atoms with E-state index in [-0.39, 0.29) is 57.4 Å². The summed E-state index contributed by atoms with van der Waals surface area (Å²) >= 11 is 6.39. The quantitative estimate of drug-likeness (QED) is 0.256. The number of alkyl halides is 2. The Morgan fingerprint density at radius 3 is 2.33 bits per heavy atom. The molecule has 1 saturated carbocycles. The van der Waals surface area contributed by atoms with E-state index in [9.17, 15) is 26.8 Å². The molecule has 0 aromatic heterocycles. The monoisotopic (exact) mass is 575 g/mol. The molecule has 1 aliphatic rings. The van der Waals surface area contributed by atoms with E-state index < -0.39 is 22.4 Å². The number of rotatable bonds is 12. The normalized spacial score (nSPS) is 14.3. The summed E-state index contributed by atoms with van der Waals surface area (Å²) in [5.74, 6) is -1.12. The molecule has 0 bridgehead atoms. The van der Waals surface area contributed by atoms with Crippen molar-refractivity contribution in [3.63, 3.8) is 0 Å². The molecule has 0 amide bonds. The molecule has 1 unspecified atom stereocenters. The molecule has 0 heterocycles. The van der Waals surface area contributed by atoms with Crippen LogP contribution >= 0.6 is 11.6 Å². The molecule has 2 N–H and O–H groups in total. The maximum absolute atomic E-state index is 13.5. The molecule has 1 atom stereocenters. The molecular weight excluding hydrogens is 548 g/mol. The van der Waals surface area contributed by atoms with Gasteiger partial charge in [0.2, 0.25) is 0 Å². The van der Waals surface area contributed by atoms with Gasteiger partial charge in [-0.2, -0.15) is 8.78 Å². The Morgan fingerprint density at radius 1 is 1.05 bits per heavy atom. The van der Waals surface area contributed by atoms with Gasteiger partial charge >= 0.3 is 6.61 Å². The lowest BCUT2D eigenvalue weighted by Gasteiger charge is -2.18. The van der Waals surface area contributed by atoms with Gasteiger partial charge in [0.15, 0.2) is 9.84 Å². The number of anilines is 1. The number of nitrogen functional groups attached to an aromatic ring is 1. The zero-order valence-electron chi connectivity index (χ0n) is 21.2. The van der Waals surface area contributed by atoms with Crippen molar-refractivity contribution in [3.05, 3.63) is 76.8 Å². The number of carbonyl (C=O) groups excluding carboxylic acids is 2. The van der Waals surface area contributed by atoms with Crippen LogP contribution in [0.25, 0.3) is 11.1 Å². The van der Waals surface area contributed by atoms with Gasteiger partial charge in [0.1, 0.15) is 17.3 Å². The van der Waals surface area contributed by atoms with Crippen LogP contribution in [0.4, 0.5) is 14.5 Å². The van der Waals surface area contributed by atoms with Gasteiger partial charge in [-0.3, -0.25) is 9.59 Å². The van der Waals surface area contributed by atoms with E-state index in [1.54, 1.807) is 36.4 Å². The summed E-state index contributed by atoms with van der Waals surface area (Å²) in [6.45, 7) is -1.66. The van der Waals surface area contributed by atoms with Crippen molar-refractivity contribution in [1.29, 1.82) is 0 Å². The first-order chi connectivity index (χ1) is 18.4. The van der Waals surface area contributed by atoms with Gasteiger partial charge in [-0.25, -0.2) is 8.42 Å². The van der Waals surface area contributed by atoms with E-state index in [2.05, 4.69) is 4.74 Å². The fourth-order valence-corrected chi connectivity index (χ4v) is 6.47. The molecule has 0 spiro atoms. The van der Waals surface area contributed by atoms with Crippen molar-refractivity contribution in [2.75, 3.05) is 11.5 Å². The maximum Gasteiger partial charge on any atom is 0.387 e. The topological polar surface area (TPSA) is 104 Å². The molecule has 3 aromatic rings. The van der Waals surface area contributed by atoms with Gasteiger partial charge in [-0.1, -0.05) is 41.9 Å². The lowest BCUT2D eigenvalue weighted by Crippen LogP contribution is -2.19. The van der Waals surface area contributed by atoms with Gasteiger partial charge in [-0.15, -0.1) is 0 Å². The lowest BCUT2D eigenvalue weighted by atomic mass is 9.86. The number of hydrogen-bond acceptors (Lipinski definition) is 6. The van der Waals surface area contributed by atoms with Crippen LogP contribution in [0.15, 0.2) is 65.6 Å². The summed E-state index contributed by atoms with van der Waals surface area (Å²) in [7, 11) is -3.42. The van der Waals surface area contributed by atoms with Crippen molar-refractivity contribution in [2.24, 2.45) is 5.92 Å². The maximum atomic E-state index is 13.5. The lowest BCUT2D eigenvalue weighted by molar-refractivity contribution is -0.124. The fourth-order valence-electron chi connectivity index (χ4n) is 4.50. The molecule has 1 aliphatic carbocycles. The predicted molar refractivity (Wildman–Crippen MR) is 146 cm³/mol. The van der Waals surface area contributed by atoms with E-state index in [0.717, 1.165) is 12.8 Å². The molecular formula is C29H28ClF2NO5S. The Kier molecular flexibility index (Phi) is 8.71. The molecule has 0 aliphatic heterocycles. The molecule has 3 aromatic carbocycles. The predicted octanol–water partition coefficient (Wildman–Crippen LogP) is 6.25. The highest BCUT2D eigenvalue weighted by Gasteiger charge is 2.30. The summed E-state index contributed by atoms with van der Waals surface area (Å²) in [6.07, 6.45) is 1.59. The minimum absolute atomic E-state index is 0.0710. The molecule has 1 fully saturated rings. The smallest absolute Gasteiger partial charge is 0.387 e. The average molecular weight is 576 g/mol. The number of carbonyl (C=O) groups is 2. The summed E-state index contributed by atoms with van der Waals surface area (Å²) in [5.41, 5.74) is 7.98. The standard InChI is InChI=1S/C29H28ClF2NO5S/c1-17(34)12-23(19-8-10-21(11-9-19)39(36,37)16-18-6-7-18)27(35)14-20-13-24(25(30)15-26(20)33)22-4-2-3-5-28(22)38-29(31)32/h2-5,8-11,13,15,18,23,29H,6-7,12,14,16,33H2,1H3. The summed E-state index contributed by atoms with van der Waals surface area (Å²) in [5, 5.41) is 0.192. The number of hydrogen-bond donors (Lipinski definition) is 1. The number of sulfone groups is 1. The summed E-state index contributed by atoms with van der Waals surface area (Å²) in [6, 6.07) is 15.2. The van der Waals surface area contributed by atoms with Crippen LogP contribution in [0.3, 0.4) is 0 Å². The van der Waals surface area contributed by atoms with E-state index >= 15 is 0 Å². The molecule has 6 nitrogen and oxygen atoms in total. The first-order valence-corrected chi connectivity index (χ1v) is 14.4. The van der Waals surface area contributed by atoms with Gasteiger partial charge in [0.25, 0.3) is 0 Å². The van der Waals surface area contributed by atoms with Gasteiger partial charge in [0.05, 0.1) is 15.7 Å². The van der Waals surface area contributed by atoms with E-state index in [4.69, 9.17) is 17.3 Å². The van der Waals surface area contributed by atoms with Crippen molar-refractivity contribution >= 4 is 38.7 Å². The largest absolute Gasteiger partial charge is 0.434 e. The molecule has 0 radical (unpaired) electrons. The Bertz CT molecular complexity index is 1490. The molecule has 39 heavy (non-hydrogen) atoms. The van der Waals surface area contributed by atoms with E-state index in [0.29, 0.717) is 22.3 Å². The van der Waals surface area contributed by atoms with Crippen molar-refractivity contribution in [1.82, 2.24) is 0 Å². The van der Waals surface area contributed by atoms with Crippen LogP contribution < -0.4 is 10.5 Å². The minimum atomic E-state index is -3.42. The van der Waals surface area contributed by atoms with Crippen LogP contribution in [0.2, 0.25) is 5.02 Å². The number of ketones is 2. The fraction of sp³-hybridized carbons (Fsp3) is 0.310. The van der Waals surface area contributed by atoms with Crippen molar-refractivity contribution in [3.8, 4) is 16.9 Å². The molecule has 0 saturated heterocycles. The zero-order chi connectivity index (χ0) is 28.3. The third-order valence-corrected chi connectivity index (χ3v) is 8.87. The highest BCUT2D eigenvalue weighted by molar-refractivity contribution is 7.91. The third-order valence-electron chi connectivity index (χ3n) is 6.66. The number of ether oxygens (including phenoxy) is 1. The van der Waals surface area contributed by atoms with Crippen LogP contribution in [0.5, 0.6) is 5.75 Å². The number of nitrogens with two attached hydrogens (primary N) is 1. The number of halogens is 3. The average Bonchev–Trinajstić information content (AvgIpc) is 3.67. The van der Waals surface area contributed by atoms with Crippen LogP contribution in [0.1, 0.15) is 43.2 Å². The van der Waals surface area contributed by atoms with Crippen LogP contribution in [-0.2, 0) is 25.8 Å². The minimum Gasteiger partial charge on any atom is -0.434 e. The second kappa shape index (κ2) is 11.8. The van der Waals surface area contributed by atoms with Crippen molar-refractivity contribution in [2.45, 2.75) is 50.0 Å². The Hall–Kier alpha value is -3.30. The van der Waals surface area contributed by atoms with Gasteiger partial charge < -0.3 is 10.5 Å². The van der Waals surface area contributed by atoms with E-state index in [1.165, 1.54) is 31.2 Å². The third kappa shape index (κ3) is 7.22. The highest BCUT2D eigenvalue weighted by Crippen LogP contribution is 2.39. The Balaban J connectivity index is 1.62. The summed E-state index contributed by atoms with van der Waals surface area (Å²) in [4.78, 5) is 25.7. The number of Topliss-reactive ketones (excluding diaryl/α,β-unsaturated/α-hetero) is 2. The summed E-state index contributed by atoms with van der Waals surface area (Å²) < 4.78 is 55.8. The zero-order valence-corrected chi connectivity index (χ0v) is 22.8. The van der Waals surface area contributed by atoms with E-state index in [1.807, 2.05) is 0 Å². The second-order valence-electron chi connectivity index (χ2n) is 9.80. The Morgan fingerprint density at radius 2 is 1.72 bits per heavy atom. The molecule has 10 heteroatoms. The first-order valence-electron chi connectivity index (χ1n) is 12.4. The van der Waals surface area contributed by atoms with Crippen LogP contribution in [-0.4, -0.2) is 32.3 Å². The number of para-hydroxylation sites is 1. The van der Waals surface area contributed by atoms with Gasteiger partial charge in [-0.05, 0) is 67.1 Å².